The van der Waals surface area contributed by atoms with E-state index in [-0.39, 0.29) is 5.69 Å². The molecule has 1 aliphatic heterocycles. The average Bonchev–Trinajstić information content (AvgIpc) is 3.18. The normalized spacial score (nSPS) is 12.8. The first-order chi connectivity index (χ1) is 14.1. The summed E-state index contributed by atoms with van der Waals surface area (Å²) in [6.07, 6.45) is 1.56. The molecule has 0 radical (unpaired) electrons. The molecule has 3 aromatic carbocycles. The molecule has 0 unspecified atom stereocenters. The number of nitro benzene ring substituents is 1. The van der Waals surface area contributed by atoms with Crippen LogP contribution in [-0.4, -0.2) is 17.0 Å². The first kappa shape index (κ1) is 18.4. The lowest BCUT2D eigenvalue weighted by Gasteiger charge is -2.17. The monoisotopic (exact) mass is 386 g/mol. The lowest BCUT2D eigenvalue weighted by Crippen LogP contribution is -2.17. The third kappa shape index (κ3) is 4.14. The molecular weight excluding hydrogens is 368 g/mol. The summed E-state index contributed by atoms with van der Waals surface area (Å²) in [4.78, 5) is 24.5. The molecule has 29 heavy (non-hydrogen) atoms. The van der Waals surface area contributed by atoms with Crippen LogP contribution >= 0.6 is 0 Å². The van der Waals surface area contributed by atoms with Crippen molar-refractivity contribution in [1.82, 2.24) is 5.43 Å². The molecule has 1 heterocycles. The van der Waals surface area contributed by atoms with Gasteiger partial charge in [0.15, 0.2) is 0 Å². The minimum atomic E-state index is -0.510. The van der Waals surface area contributed by atoms with Gasteiger partial charge in [-0.1, -0.05) is 36.4 Å². The Morgan fingerprint density at radius 3 is 2.17 bits per heavy atom. The smallest absolute Gasteiger partial charge is 0.271 e. The van der Waals surface area contributed by atoms with Crippen LogP contribution in [0.4, 0.5) is 11.4 Å². The van der Waals surface area contributed by atoms with Crippen molar-refractivity contribution in [1.29, 1.82) is 0 Å². The zero-order valence-electron chi connectivity index (χ0n) is 15.5. The fourth-order valence-electron chi connectivity index (χ4n) is 3.25. The van der Waals surface area contributed by atoms with Gasteiger partial charge in [-0.25, -0.2) is 5.43 Å². The van der Waals surface area contributed by atoms with Crippen molar-refractivity contribution in [3.63, 3.8) is 0 Å². The summed E-state index contributed by atoms with van der Waals surface area (Å²) in [5, 5.41) is 14.6. The summed E-state index contributed by atoms with van der Waals surface area (Å²) in [5.41, 5.74) is 7.36. The molecule has 0 aliphatic carbocycles. The number of amides is 1. The molecule has 1 N–H and O–H groups in total. The quantitative estimate of drug-likeness (QED) is 0.409. The van der Waals surface area contributed by atoms with Gasteiger partial charge in [-0.05, 0) is 41.0 Å². The van der Waals surface area contributed by atoms with Crippen LogP contribution in [0.5, 0.6) is 0 Å². The first-order valence-corrected chi connectivity index (χ1v) is 9.10. The maximum atomic E-state index is 12.1. The number of nitro groups is 1. The Kier molecular flexibility index (Phi) is 5.03. The Labute approximate surface area is 167 Å². The molecule has 0 saturated heterocycles. The Morgan fingerprint density at radius 1 is 0.966 bits per heavy atom. The Morgan fingerprint density at radius 2 is 1.59 bits per heavy atom. The van der Waals surface area contributed by atoms with Gasteiger partial charge >= 0.3 is 0 Å². The number of non-ortho nitro benzene ring substituents is 1. The van der Waals surface area contributed by atoms with E-state index in [4.69, 9.17) is 0 Å². The van der Waals surface area contributed by atoms with Gasteiger partial charge < -0.3 is 4.90 Å². The number of hydrazone groups is 1. The van der Waals surface area contributed by atoms with Crippen LogP contribution in [0.25, 0.3) is 0 Å². The van der Waals surface area contributed by atoms with Gasteiger partial charge in [-0.15, -0.1) is 0 Å². The summed E-state index contributed by atoms with van der Waals surface area (Å²) in [5.74, 6) is -0.428. The second kappa shape index (κ2) is 7.93. The van der Waals surface area contributed by atoms with E-state index in [0.29, 0.717) is 5.56 Å². The number of anilines is 1. The highest BCUT2D eigenvalue weighted by atomic mass is 16.6. The van der Waals surface area contributed by atoms with Gasteiger partial charge in [0.2, 0.25) is 0 Å². The second-order valence-corrected chi connectivity index (χ2v) is 6.72. The summed E-state index contributed by atoms with van der Waals surface area (Å²) in [6.45, 7) is 1.80. The van der Waals surface area contributed by atoms with Crippen LogP contribution in [0.3, 0.4) is 0 Å². The van der Waals surface area contributed by atoms with Crippen LogP contribution in [0, 0.1) is 10.1 Å². The predicted molar refractivity (Wildman–Crippen MR) is 111 cm³/mol. The second-order valence-electron chi connectivity index (χ2n) is 6.72. The maximum Gasteiger partial charge on any atom is 0.271 e. The number of carbonyl (C=O) groups is 1. The number of rotatable bonds is 5. The molecule has 0 spiro atoms. The van der Waals surface area contributed by atoms with Crippen LogP contribution in [-0.2, 0) is 13.1 Å². The largest absolute Gasteiger partial charge is 0.363 e. The van der Waals surface area contributed by atoms with E-state index in [1.165, 1.54) is 35.4 Å². The van der Waals surface area contributed by atoms with E-state index in [0.717, 1.165) is 24.3 Å². The maximum absolute atomic E-state index is 12.1. The fourth-order valence-corrected chi connectivity index (χ4v) is 3.25. The molecule has 4 rings (SSSR count). The van der Waals surface area contributed by atoms with E-state index in [1.807, 2.05) is 24.3 Å². The third-order valence-corrected chi connectivity index (χ3v) is 4.82. The van der Waals surface area contributed by atoms with Gasteiger partial charge in [0.1, 0.15) is 0 Å². The van der Waals surface area contributed by atoms with Gasteiger partial charge in [-0.3, -0.25) is 14.9 Å². The molecular formula is C22H18N4O3. The average molecular weight is 386 g/mol. The molecule has 0 saturated carbocycles. The SMILES string of the molecule is O=C(N/N=C/c1ccc(N2Cc3ccccc3C2)cc1)c1ccc([N+](=O)[O-])cc1. The van der Waals surface area contributed by atoms with Gasteiger partial charge in [0, 0.05) is 36.5 Å². The minimum Gasteiger partial charge on any atom is -0.363 e. The minimum absolute atomic E-state index is 0.0637. The predicted octanol–water partition coefficient (Wildman–Crippen LogP) is 3.88. The topological polar surface area (TPSA) is 87.8 Å². The van der Waals surface area contributed by atoms with Gasteiger partial charge in [-0.2, -0.15) is 5.10 Å². The van der Waals surface area contributed by atoms with Crippen LogP contribution in [0.15, 0.2) is 77.9 Å². The lowest BCUT2D eigenvalue weighted by atomic mass is 10.1. The highest BCUT2D eigenvalue weighted by Gasteiger charge is 2.18. The van der Waals surface area contributed by atoms with Gasteiger partial charge in [0.25, 0.3) is 11.6 Å². The number of hydrogen-bond donors (Lipinski definition) is 1. The third-order valence-electron chi connectivity index (χ3n) is 4.82. The van der Waals surface area contributed by atoms with Crippen molar-refractivity contribution in [3.05, 3.63) is 105 Å². The number of nitrogens with one attached hydrogen (secondary N) is 1. The van der Waals surface area contributed by atoms with E-state index in [2.05, 4.69) is 39.7 Å². The molecule has 144 valence electrons. The Bertz CT molecular complexity index is 1050. The van der Waals surface area contributed by atoms with Crippen molar-refractivity contribution in [3.8, 4) is 0 Å². The number of carbonyl (C=O) groups excluding carboxylic acids is 1. The Hall–Kier alpha value is -4.00. The van der Waals surface area contributed by atoms with Crippen molar-refractivity contribution in [2.75, 3.05) is 4.90 Å². The molecule has 7 heteroatoms. The van der Waals surface area contributed by atoms with Crippen LogP contribution < -0.4 is 10.3 Å². The number of hydrogen-bond acceptors (Lipinski definition) is 5. The van der Waals surface area contributed by atoms with Crippen LogP contribution in [0.2, 0.25) is 0 Å². The van der Waals surface area contributed by atoms with E-state index in [1.54, 1.807) is 6.21 Å². The molecule has 0 fully saturated rings. The number of nitrogens with zero attached hydrogens (tertiary/aromatic N) is 3. The number of benzene rings is 3. The summed E-state index contributed by atoms with van der Waals surface area (Å²) < 4.78 is 0. The highest BCUT2D eigenvalue weighted by molar-refractivity contribution is 5.95. The molecule has 1 aliphatic rings. The number of fused-ring (bicyclic) bond motifs is 1. The summed E-state index contributed by atoms with van der Waals surface area (Å²) in [6, 6.07) is 21.8. The zero-order valence-corrected chi connectivity index (χ0v) is 15.5. The lowest BCUT2D eigenvalue weighted by molar-refractivity contribution is -0.384. The van der Waals surface area contributed by atoms with Crippen molar-refractivity contribution < 1.29 is 9.72 Å². The molecule has 1 amide bonds. The fraction of sp³-hybridized carbons (Fsp3) is 0.0909. The first-order valence-electron chi connectivity index (χ1n) is 9.10. The standard InChI is InChI=1S/C22H18N4O3/c27-22(17-7-11-21(12-8-17)26(28)29)24-23-13-16-5-9-20(10-6-16)25-14-18-3-1-2-4-19(18)15-25/h1-13H,14-15H2,(H,24,27)/b23-13+. The van der Waals surface area contributed by atoms with Crippen molar-refractivity contribution >= 4 is 23.5 Å². The molecule has 3 aromatic rings. The molecule has 7 nitrogen and oxygen atoms in total. The highest BCUT2D eigenvalue weighted by Crippen LogP contribution is 2.27. The zero-order chi connectivity index (χ0) is 20.2. The van der Waals surface area contributed by atoms with Gasteiger partial charge in [0.05, 0.1) is 11.1 Å². The molecule has 0 bridgehead atoms. The summed E-state index contributed by atoms with van der Waals surface area (Å²) in [7, 11) is 0. The Balaban J connectivity index is 1.35. The van der Waals surface area contributed by atoms with E-state index < -0.39 is 10.8 Å². The molecule has 0 atom stereocenters. The summed E-state index contributed by atoms with van der Waals surface area (Å²) >= 11 is 0. The van der Waals surface area contributed by atoms with E-state index in [9.17, 15) is 14.9 Å². The van der Waals surface area contributed by atoms with Crippen molar-refractivity contribution in [2.45, 2.75) is 13.1 Å². The van der Waals surface area contributed by atoms with Crippen molar-refractivity contribution in [2.24, 2.45) is 5.10 Å². The van der Waals surface area contributed by atoms with Crippen LogP contribution in [0.1, 0.15) is 27.0 Å². The van der Waals surface area contributed by atoms with E-state index >= 15 is 0 Å². The molecule has 0 aromatic heterocycles.